The maximum absolute atomic E-state index is 12.2. The molecular formula is C20H18O5. The van der Waals surface area contributed by atoms with E-state index in [2.05, 4.69) is 0 Å². The molecule has 128 valence electrons. The Morgan fingerprint density at radius 3 is 2.28 bits per heavy atom. The molecule has 0 saturated heterocycles. The van der Waals surface area contributed by atoms with E-state index in [0.717, 1.165) is 10.9 Å². The molecule has 0 aliphatic rings. The van der Waals surface area contributed by atoms with Crippen LogP contribution in [0, 0.1) is 0 Å². The number of hydrogen-bond donors (Lipinski definition) is 0. The summed E-state index contributed by atoms with van der Waals surface area (Å²) in [6.07, 6.45) is 0. The van der Waals surface area contributed by atoms with Gasteiger partial charge in [0, 0.05) is 5.39 Å². The number of carbonyl (C=O) groups excluding carboxylic acids is 1. The van der Waals surface area contributed by atoms with E-state index in [4.69, 9.17) is 13.9 Å². The van der Waals surface area contributed by atoms with Crippen molar-refractivity contribution in [1.82, 2.24) is 0 Å². The molecular weight excluding hydrogens is 320 g/mol. The molecule has 0 N–H and O–H groups in total. The summed E-state index contributed by atoms with van der Waals surface area (Å²) < 4.78 is 15.9. The Balaban J connectivity index is 2.17. The van der Waals surface area contributed by atoms with Crippen molar-refractivity contribution in [3.8, 4) is 17.1 Å². The highest BCUT2D eigenvalue weighted by Crippen LogP contribution is 2.35. The Bertz CT molecular complexity index is 954. The lowest BCUT2D eigenvalue weighted by Gasteiger charge is -2.12. The predicted molar refractivity (Wildman–Crippen MR) is 95.0 cm³/mol. The molecule has 0 atom stereocenters. The number of hydrogen-bond acceptors (Lipinski definition) is 5. The average molecular weight is 338 g/mol. The van der Waals surface area contributed by atoms with Gasteiger partial charge in [0.15, 0.2) is 0 Å². The van der Waals surface area contributed by atoms with Crippen molar-refractivity contribution in [2.45, 2.75) is 13.8 Å². The molecule has 1 aromatic heterocycles. The van der Waals surface area contributed by atoms with Gasteiger partial charge in [-0.05, 0) is 37.6 Å². The van der Waals surface area contributed by atoms with E-state index in [1.54, 1.807) is 43.3 Å². The molecule has 2 aromatic carbocycles. The van der Waals surface area contributed by atoms with E-state index in [9.17, 15) is 9.59 Å². The van der Waals surface area contributed by atoms with E-state index in [0.29, 0.717) is 29.7 Å². The SMILES string of the molecule is CCOC(=O)c1ccc(-c2c(OCC)oc(=O)c3ccccc23)cc1. The first kappa shape index (κ1) is 16.8. The standard InChI is InChI=1S/C20H18O5/c1-3-23-18(21)14-11-9-13(10-12-14)17-15-7-5-6-8-16(15)19(22)25-20(17)24-4-2/h5-12H,3-4H2,1-2H3. The molecule has 0 aliphatic heterocycles. The molecule has 25 heavy (non-hydrogen) atoms. The topological polar surface area (TPSA) is 65.7 Å². The monoisotopic (exact) mass is 338 g/mol. The van der Waals surface area contributed by atoms with Crippen LogP contribution in [0.5, 0.6) is 5.95 Å². The van der Waals surface area contributed by atoms with Gasteiger partial charge in [-0.25, -0.2) is 9.59 Å². The van der Waals surface area contributed by atoms with Crippen LogP contribution in [0.2, 0.25) is 0 Å². The molecule has 0 radical (unpaired) electrons. The summed E-state index contributed by atoms with van der Waals surface area (Å²) in [7, 11) is 0. The fourth-order valence-corrected chi connectivity index (χ4v) is 2.67. The first-order valence-corrected chi connectivity index (χ1v) is 8.12. The van der Waals surface area contributed by atoms with E-state index >= 15 is 0 Å². The van der Waals surface area contributed by atoms with Crippen molar-refractivity contribution in [2.24, 2.45) is 0 Å². The number of fused-ring (bicyclic) bond motifs is 1. The van der Waals surface area contributed by atoms with Crippen molar-refractivity contribution in [1.29, 1.82) is 0 Å². The average Bonchev–Trinajstić information content (AvgIpc) is 2.63. The van der Waals surface area contributed by atoms with Crippen LogP contribution in [0.3, 0.4) is 0 Å². The molecule has 1 heterocycles. The smallest absolute Gasteiger partial charge is 0.346 e. The van der Waals surface area contributed by atoms with Crippen LogP contribution < -0.4 is 10.4 Å². The quantitative estimate of drug-likeness (QED) is 0.657. The largest absolute Gasteiger partial charge is 0.465 e. The first-order valence-electron chi connectivity index (χ1n) is 8.12. The summed E-state index contributed by atoms with van der Waals surface area (Å²) in [4.78, 5) is 24.0. The summed E-state index contributed by atoms with van der Waals surface area (Å²) in [5.74, 6) is -0.196. The van der Waals surface area contributed by atoms with Gasteiger partial charge in [-0.2, -0.15) is 0 Å². The third-order valence-electron chi connectivity index (χ3n) is 3.77. The number of carbonyl (C=O) groups is 1. The number of ether oxygens (including phenoxy) is 2. The van der Waals surface area contributed by atoms with Crippen LogP contribution in [0.15, 0.2) is 57.7 Å². The molecule has 5 nitrogen and oxygen atoms in total. The zero-order valence-electron chi connectivity index (χ0n) is 14.1. The summed E-state index contributed by atoms with van der Waals surface area (Å²) >= 11 is 0. The van der Waals surface area contributed by atoms with Gasteiger partial charge in [-0.3, -0.25) is 0 Å². The molecule has 3 aromatic rings. The van der Waals surface area contributed by atoms with Gasteiger partial charge in [0.2, 0.25) is 0 Å². The minimum atomic E-state index is -0.439. The van der Waals surface area contributed by atoms with Gasteiger partial charge in [0.25, 0.3) is 5.95 Å². The van der Waals surface area contributed by atoms with Crippen molar-refractivity contribution < 1.29 is 18.7 Å². The van der Waals surface area contributed by atoms with E-state index in [-0.39, 0.29) is 11.9 Å². The fraction of sp³-hybridized carbons (Fsp3) is 0.200. The van der Waals surface area contributed by atoms with Crippen LogP contribution in [-0.2, 0) is 4.74 Å². The van der Waals surface area contributed by atoms with Gasteiger partial charge in [0.1, 0.15) is 0 Å². The van der Waals surface area contributed by atoms with E-state index in [1.807, 2.05) is 19.1 Å². The summed E-state index contributed by atoms with van der Waals surface area (Å²) in [6.45, 7) is 4.28. The molecule has 0 amide bonds. The van der Waals surface area contributed by atoms with Gasteiger partial charge in [0.05, 0.1) is 29.7 Å². The summed E-state index contributed by atoms with van der Waals surface area (Å²) in [6, 6.07) is 14.1. The normalized spacial score (nSPS) is 10.6. The highest BCUT2D eigenvalue weighted by molar-refractivity contribution is 5.98. The molecule has 0 saturated carbocycles. The number of esters is 1. The zero-order valence-corrected chi connectivity index (χ0v) is 14.1. The number of benzene rings is 2. The van der Waals surface area contributed by atoms with Crippen molar-refractivity contribution in [3.63, 3.8) is 0 Å². The first-order chi connectivity index (χ1) is 12.2. The van der Waals surface area contributed by atoms with Crippen molar-refractivity contribution in [2.75, 3.05) is 13.2 Å². The van der Waals surface area contributed by atoms with Crippen LogP contribution >= 0.6 is 0 Å². The van der Waals surface area contributed by atoms with Crippen LogP contribution in [-0.4, -0.2) is 19.2 Å². The van der Waals surface area contributed by atoms with Gasteiger partial charge in [-0.15, -0.1) is 0 Å². The van der Waals surface area contributed by atoms with Crippen LogP contribution in [0.4, 0.5) is 0 Å². The Labute approximate surface area is 144 Å². The highest BCUT2D eigenvalue weighted by Gasteiger charge is 2.17. The van der Waals surface area contributed by atoms with E-state index in [1.165, 1.54) is 0 Å². The lowest BCUT2D eigenvalue weighted by atomic mass is 10.00. The predicted octanol–water partition coefficient (Wildman–Crippen LogP) is 4.04. The van der Waals surface area contributed by atoms with Crippen molar-refractivity contribution >= 4 is 16.7 Å². The minimum Gasteiger partial charge on any atom is -0.465 e. The molecule has 0 unspecified atom stereocenters. The van der Waals surface area contributed by atoms with Crippen LogP contribution in [0.25, 0.3) is 21.9 Å². The molecule has 5 heteroatoms. The van der Waals surface area contributed by atoms with Gasteiger partial charge in [-0.1, -0.05) is 30.3 Å². The maximum atomic E-state index is 12.2. The maximum Gasteiger partial charge on any atom is 0.346 e. The fourth-order valence-electron chi connectivity index (χ4n) is 2.67. The zero-order chi connectivity index (χ0) is 17.8. The number of rotatable bonds is 5. The Morgan fingerprint density at radius 2 is 1.64 bits per heavy atom. The summed E-state index contributed by atoms with van der Waals surface area (Å²) in [5.41, 5.74) is 1.50. The molecule has 0 aliphatic carbocycles. The van der Waals surface area contributed by atoms with Gasteiger partial charge < -0.3 is 13.9 Å². The molecule has 0 spiro atoms. The van der Waals surface area contributed by atoms with E-state index < -0.39 is 5.63 Å². The Hall–Kier alpha value is -3.08. The second-order valence-corrected chi connectivity index (χ2v) is 5.33. The van der Waals surface area contributed by atoms with Crippen molar-refractivity contribution in [3.05, 3.63) is 64.5 Å². The third kappa shape index (κ3) is 3.26. The molecule has 0 fully saturated rings. The lowest BCUT2D eigenvalue weighted by molar-refractivity contribution is 0.0526. The second-order valence-electron chi connectivity index (χ2n) is 5.33. The lowest BCUT2D eigenvalue weighted by Crippen LogP contribution is -2.06. The Morgan fingerprint density at radius 1 is 0.960 bits per heavy atom. The highest BCUT2D eigenvalue weighted by atomic mass is 16.6. The summed E-state index contributed by atoms with van der Waals surface area (Å²) in [5, 5.41) is 1.22. The van der Waals surface area contributed by atoms with Crippen LogP contribution in [0.1, 0.15) is 24.2 Å². The second kappa shape index (κ2) is 7.21. The molecule has 0 bridgehead atoms. The van der Waals surface area contributed by atoms with Gasteiger partial charge >= 0.3 is 11.6 Å². The Kier molecular flexibility index (Phi) is 4.84. The minimum absolute atomic E-state index is 0.176. The molecule has 3 rings (SSSR count). The third-order valence-corrected chi connectivity index (χ3v) is 3.77.